The molecule has 1 aromatic rings. The van der Waals surface area contributed by atoms with E-state index in [1.165, 1.54) is 6.33 Å². The Balaban J connectivity index is 2.92. The first kappa shape index (κ1) is 16.5. The number of rotatable bonds is 9. The van der Waals surface area contributed by atoms with Crippen molar-refractivity contribution in [3.8, 4) is 5.75 Å². The molecule has 1 aromatic heterocycles. The first-order valence-corrected chi connectivity index (χ1v) is 7.02. The summed E-state index contributed by atoms with van der Waals surface area (Å²) in [7, 11) is 3.32. The molecule has 114 valence electrons. The van der Waals surface area contributed by atoms with Crippen molar-refractivity contribution in [3.05, 3.63) is 6.33 Å². The summed E-state index contributed by atoms with van der Waals surface area (Å²) in [6, 6.07) is 0.169. The summed E-state index contributed by atoms with van der Waals surface area (Å²) in [5.74, 6) is 2.47. The van der Waals surface area contributed by atoms with E-state index in [4.69, 9.17) is 9.47 Å². The molecule has 0 amide bonds. The van der Waals surface area contributed by atoms with Crippen LogP contribution in [0.3, 0.4) is 0 Å². The van der Waals surface area contributed by atoms with Crippen molar-refractivity contribution in [1.82, 2.24) is 9.97 Å². The first-order valence-electron chi connectivity index (χ1n) is 7.02. The van der Waals surface area contributed by atoms with Gasteiger partial charge < -0.3 is 20.1 Å². The molecule has 1 heterocycles. The summed E-state index contributed by atoms with van der Waals surface area (Å²) >= 11 is 0. The van der Waals surface area contributed by atoms with Crippen LogP contribution in [0.4, 0.5) is 11.6 Å². The van der Waals surface area contributed by atoms with Crippen LogP contribution < -0.4 is 15.4 Å². The average Bonchev–Trinajstić information content (AvgIpc) is 2.44. The smallest absolute Gasteiger partial charge is 0.204 e. The highest BCUT2D eigenvalue weighted by Gasteiger charge is 2.18. The molecule has 2 N–H and O–H groups in total. The van der Waals surface area contributed by atoms with Gasteiger partial charge in [0, 0.05) is 13.7 Å². The van der Waals surface area contributed by atoms with Crippen LogP contribution in [0.2, 0.25) is 0 Å². The van der Waals surface area contributed by atoms with E-state index in [2.05, 4.69) is 41.4 Å². The number of nitrogens with one attached hydrogen (secondary N) is 2. The van der Waals surface area contributed by atoms with E-state index < -0.39 is 0 Å². The Hall–Kier alpha value is -1.56. The standard InChI is InChI=1S/C14H26N4O2/c1-6-7-15-13-12(20-5)14(17-9-16-13)18-11(8-19-4)10(2)3/h9-11H,6-8H2,1-5H3,(H2,15,16,17,18). The molecule has 0 aliphatic rings. The van der Waals surface area contributed by atoms with Gasteiger partial charge in [-0.25, -0.2) is 9.97 Å². The molecule has 0 saturated heterocycles. The fraction of sp³-hybridized carbons (Fsp3) is 0.714. The third-order valence-electron chi connectivity index (χ3n) is 3.02. The van der Waals surface area contributed by atoms with Crippen LogP contribution in [-0.2, 0) is 4.74 Å². The summed E-state index contributed by atoms with van der Waals surface area (Å²) in [4.78, 5) is 8.51. The normalized spacial score (nSPS) is 12.3. The van der Waals surface area contributed by atoms with Crippen LogP contribution in [0.15, 0.2) is 6.33 Å². The van der Waals surface area contributed by atoms with Gasteiger partial charge in [-0.1, -0.05) is 20.8 Å². The van der Waals surface area contributed by atoms with Crippen molar-refractivity contribution in [3.63, 3.8) is 0 Å². The van der Waals surface area contributed by atoms with Gasteiger partial charge in [-0.3, -0.25) is 0 Å². The fourth-order valence-electron chi connectivity index (χ4n) is 1.80. The molecular weight excluding hydrogens is 256 g/mol. The minimum atomic E-state index is 0.169. The fourth-order valence-corrected chi connectivity index (χ4v) is 1.80. The second-order valence-corrected chi connectivity index (χ2v) is 4.98. The maximum Gasteiger partial charge on any atom is 0.204 e. The second kappa shape index (κ2) is 8.58. The molecule has 1 rings (SSSR count). The molecule has 20 heavy (non-hydrogen) atoms. The molecule has 0 saturated carbocycles. The summed E-state index contributed by atoms with van der Waals surface area (Å²) < 4.78 is 10.7. The molecule has 0 aromatic carbocycles. The van der Waals surface area contributed by atoms with E-state index in [9.17, 15) is 0 Å². The molecule has 6 heteroatoms. The molecule has 0 fully saturated rings. The van der Waals surface area contributed by atoms with E-state index in [1.54, 1.807) is 14.2 Å². The summed E-state index contributed by atoms with van der Waals surface area (Å²) in [5.41, 5.74) is 0. The zero-order chi connectivity index (χ0) is 15.0. The van der Waals surface area contributed by atoms with Gasteiger partial charge in [0.25, 0.3) is 0 Å². The number of hydrogen-bond acceptors (Lipinski definition) is 6. The molecule has 0 bridgehead atoms. The van der Waals surface area contributed by atoms with Crippen molar-refractivity contribution in [1.29, 1.82) is 0 Å². The number of nitrogens with zero attached hydrogens (tertiary/aromatic N) is 2. The van der Waals surface area contributed by atoms with Gasteiger partial charge in [-0.2, -0.15) is 0 Å². The molecule has 1 atom stereocenters. The Bertz CT molecular complexity index is 399. The summed E-state index contributed by atoms with van der Waals surface area (Å²) in [5, 5.41) is 6.62. The van der Waals surface area contributed by atoms with Crippen LogP contribution >= 0.6 is 0 Å². The van der Waals surface area contributed by atoms with Crippen molar-refractivity contribution in [2.45, 2.75) is 33.2 Å². The van der Waals surface area contributed by atoms with Crippen molar-refractivity contribution >= 4 is 11.6 Å². The molecule has 0 aliphatic carbocycles. The topological polar surface area (TPSA) is 68.3 Å². The van der Waals surface area contributed by atoms with Gasteiger partial charge >= 0.3 is 0 Å². The quantitative estimate of drug-likeness (QED) is 0.725. The van der Waals surface area contributed by atoms with E-state index >= 15 is 0 Å². The Morgan fingerprint density at radius 1 is 1.20 bits per heavy atom. The maximum atomic E-state index is 5.44. The molecule has 0 spiro atoms. The zero-order valence-corrected chi connectivity index (χ0v) is 13.1. The molecular formula is C14H26N4O2. The Morgan fingerprint density at radius 2 is 1.90 bits per heavy atom. The SMILES string of the molecule is CCCNc1ncnc(NC(COC)C(C)C)c1OC. The first-order chi connectivity index (χ1) is 9.63. The van der Waals surface area contributed by atoms with Crippen molar-refractivity contribution in [2.24, 2.45) is 5.92 Å². The Kier molecular flexibility index (Phi) is 7.08. The van der Waals surface area contributed by atoms with E-state index in [0.717, 1.165) is 13.0 Å². The molecule has 6 nitrogen and oxygen atoms in total. The minimum absolute atomic E-state index is 0.169. The van der Waals surface area contributed by atoms with Crippen LogP contribution in [-0.4, -0.2) is 43.4 Å². The lowest BCUT2D eigenvalue weighted by Gasteiger charge is -2.23. The van der Waals surface area contributed by atoms with Crippen LogP contribution in [0, 0.1) is 5.92 Å². The van der Waals surface area contributed by atoms with Gasteiger partial charge in [-0.05, 0) is 12.3 Å². The lowest BCUT2D eigenvalue weighted by Crippen LogP contribution is -2.31. The van der Waals surface area contributed by atoms with Gasteiger partial charge in [0.15, 0.2) is 11.6 Å². The Labute approximate surface area is 121 Å². The van der Waals surface area contributed by atoms with Gasteiger partial charge in [0.05, 0.1) is 19.8 Å². The van der Waals surface area contributed by atoms with Gasteiger partial charge in [0.1, 0.15) is 6.33 Å². The number of ether oxygens (including phenoxy) is 2. The third kappa shape index (κ3) is 4.52. The monoisotopic (exact) mass is 282 g/mol. The predicted molar refractivity (Wildman–Crippen MR) is 81.5 cm³/mol. The lowest BCUT2D eigenvalue weighted by atomic mass is 10.1. The van der Waals surface area contributed by atoms with Gasteiger partial charge in [0.2, 0.25) is 5.75 Å². The van der Waals surface area contributed by atoms with E-state index in [0.29, 0.717) is 29.9 Å². The highest BCUT2D eigenvalue weighted by atomic mass is 16.5. The molecule has 1 unspecified atom stereocenters. The summed E-state index contributed by atoms with van der Waals surface area (Å²) in [6.07, 6.45) is 2.56. The maximum absolute atomic E-state index is 5.44. The third-order valence-corrected chi connectivity index (χ3v) is 3.02. The lowest BCUT2D eigenvalue weighted by molar-refractivity contribution is 0.171. The number of methoxy groups -OCH3 is 2. The second-order valence-electron chi connectivity index (χ2n) is 4.98. The van der Waals surface area contributed by atoms with Crippen LogP contribution in [0.1, 0.15) is 27.2 Å². The van der Waals surface area contributed by atoms with E-state index in [1.807, 2.05) is 0 Å². The number of anilines is 2. The largest absolute Gasteiger partial charge is 0.490 e. The zero-order valence-electron chi connectivity index (χ0n) is 13.1. The minimum Gasteiger partial charge on any atom is -0.490 e. The van der Waals surface area contributed by atoms with Gasteiger partial charge in [-0.15, -0.1) is 0 Å². The predicted octanol–water partition coefficient (Wildman–Crippen LogP) is 2.39. The number of aromatic nitrogens is 2. The van der Waals surface area contributed by atoms with Crippen LogP contribution in [0.25, 0.3) is 0 Å². The summed E-state index contributed by atoms with van der Waals surface area (Å²) in [6.45, 7) is 7.84. The molecule has 0 radical (unpaired) electrons. The van der Waals surface area contributed by atoms with Crippen molar-refractivity contribution in [2.75, 3.05) is 38.0 Å². The highest BCUT2D eigenvalue weighted by molar-refractivity contribution is 5.63. The highest BCUT2D eigenvalue weighted by Crippen LogP contribution is 2.30. The Morgan fingerprint density at radius 3 is 2.45 bits per heavy atom. The number of hydrogen-bond donors (Lipinski definition) is 2. The molecule has 0 aliphatic heterocycles. The van der Waals surface area contributed by atoms with Crippen LogP contribution in [0.5, 0.6) is 5.75 Å². The average molecular weight is 282 g/mol. The van der Waals surface area contributed by atoms with E-state index in [-0.39, 0.29) is 6.04 Å². The van der Waals surface area contributed by atoms with Crippen molar-refractivity contribution < 1.29 is 9.47 Å².